The third-order valence-corrected chi connectivity index (χ3v) is 4.47. The molecule has 0 saturated carbocycles. The van der Waals surface area contributed by atoms with E-state index in [2.05, 4.69) is 15.5 Å². The molecule has 1 atom stereocenters. The zero-order valence-corrected chi connectivity index (χ0v) is 15.6. The van der Waals surface area contributed by atoms with Crippen molar-refractivity contribution in [1.82, 2.24) is 15.5 Å². The fourth-order valence-corrected chi connectivity index (χ4v) is 2.89. The average molecular weight is 391 g/mol. The average Bonchev–Trinajstić information content (AvgIpc) is 3.19. The monoisotopic (exact) mass is 391 g/mol. The molecule has 0 spiro atoms. The van der Waals surface area contributed by atoms with Gasteiger partial charge in [-0.1, -0.05) is 6.07 Å². The minimum atomic E-state index is -1.00. The third-order valence-electron chi connectivity index (χ3n) is 4.47. The van der Waals surface area contributed by atoms with E-state index in [1.165, 1.54) is 6.08 Å². The summed E-state index contributed by atoms with van der Waals surface area (Å²) >= 11 is 0. The minimum absolute atomic E-state index is 0.182. The van der Waals surface area contributed by atoms with Crippen molar-refractivity contribution in [2.45, 2.75) is 6.04 Å². The third kappa shape index (κ3) is 5.69. The molecule has 0 bridgehead atoms. The van der Waals surface area contributed by atoms with E-state index < -0.39 is 24.5 Å². The van der Waals surface area contributed by atoms with E-state index in [1.54, 1.807) is 24.3 Å². The van der Waals surface area contributed by atoms with E-state index in [9.17, 15) is 14.7 Å². The highest BCUT2D eigenvalue weighted by atomic mass is 16.7. The SMILES string of the molecule is O=C(C=Cc1ccc2c(c1)OCO2)N[C@@H](CO)C(=O)NCCN1CCOCC1. The predicted octanol–water partition coefficient (Wildman–Crippen LogP) is -0.646. The van der Waals surface area contributed by atoms with Crippen LogP contribution in [0.5, 0.6) is 11.5 Å². The number of aliphatic hydroxyl groups is 1. The van der Waals surface area contributed by atoms with Crippen LogP contribution in [0.4, 0.5) is 0 Å². The number of nitrogens with one attached hydrogen (secondary N) is 2. The highest BCUT2D eigenvalue weighted by molar-refractivity contribution is 5.95. The number of hydrogen-bond acceptors (Lipinski definition) is 7. The molecule has 1 fully saturated rings. The van der Waals surface area contributed by atoms with Crippen molar-refractivity contribution in [3.63, 3.8) is 0 Å². The van der Waals surface area contributed by atoms with Crippen molar-refractivity contribution in [2.24, 2.45) is 0 Å². The summed E-state index contributed by atoms with van der Waals surface area (Å²) in [7, 11) is 0. The molecule has 0 aliphatic carbocycles. The van der Waals surface area contributed by atoms with Gasteiger partial charge in [0.05, 0.1) is 19.8 Å². The van der Waals surface area contributed by atoms with Gasteiger partial charge in [0.2, 0.25) is 18.6 Å². The molecular formula is C19H25N3O6. The fourth-order valence-electron chi connectivity index (χ4n) is 2.89. The molecule has 1 aromatic carbocycles. The first-order valence-electron chi connectivity index (χ1n) is 9.22. The van der Waals surface area contributed by atoms with Gasteiger partial charge in [0.15, 0.2) is 11.5 Å². The number of amides is 2. The minimum Gasteiger partial charge on any atom is -0.454 e. The van der Waals surface area contributed by atoms with Crippen molar-refractivity contribution in [2.75, 3.05) is 52.8 Å². The summed E-state index contributed by atoms with van der Waals surface area (Å²) in [6, 6.07) is 4.31. The predicted molar refractivity (Wildman–Crippen MR) is 101 cm³/mol. The molecule has 9 nitrogen and oxygen atoms in total. The van der Waals surface area contributed by atoms with E-state index in [-0.39, 0.29) is 6.79 Å². The fraction of sp³-hybridized carbons (Fsp3) is 0.474. The number of carbonyl (C=O) groups excluding carboxylic acids is 2. The van der Waals surface area contributed by atoms with Gasteiger partial charge in [0.25, 0.3) is 0 Å². The summed E-state index contributed by atoms with van der Waals surface area (Å²) in [6.45, 7) is 3.90. The molecule has 28 heavy (non-hydrogen) atoms. The van der Waals surface area contributed by atoms with Crippen molar-refractivity contribution in [1.29, 1.82) is 0 Å². The maximum absolute atomic E-state index is 12.2. The normalized spacial score (nSPS) is 17.5. The molecule has 152 valence electrons. The van der Waals surface area contributed by atoms with E-state index in [4.69, 9.17) is 14.2 Å². The number of aliphatic hydroxyl groups excluding tert-OH is 1. The Morgan fingerprint density at radius 1 is 1.21 bits per heavy atom. The lowest BCUT2D eigenvalue weighted by molar-refractivity contribution is -0.128. The van der Waals surface area contributed by atoms with Crippen LogP contribution in [0.3, 0.4) is 0 Å². The number of ether oxygens (including phenoxy) is 3. The molecule has 0 unspecified atom stereocenters. The molecule has 1 aromatic rings. The van der Waals surface area contributed by atoms with Crippen LogP contribution in [0.15, 0.2) is 24.3 Å². The van der Waals surface area contributed by atoms with Crippen LogP contribution in [-0.4, -0.2) is 80.7 Å². The Morgan fingerprint density at radius 3 is 2.79 bits per heavy atom. The Bertz CT molecular complexity index is 718. The standard InChI is InChI=1S/C19H25N3O6/c23-12-15(19(25)20-5-6-22-7-9-26-10-8-22)21-18(24)4-2-14-1-3-16-17(11-14)28-13-27-16/h1-4,11,15,23H,5-10,12-13H2,(H,20,25)(H,21,24)/t15-/m0/s1. The van der Waals surface area contributed by atoms with Gasteiger partial charge in [0, 0.05) is 32.3 Å². The van der Waals surface area contributed by atoms with Crippen LogP contribution in [0.1, 0.15) is 5.56 Å². The molecule has 2 heterocycles. The number of hydrogen-bond donors (Lipinski definition) is 3. The summed E-state index contributed by atoms with van der Waals surface area (Å²) in [5, 5.41) is 14.7. The molecule has 2 aliphatic heterocycles. The van der Waals surface area contributed by atoms with Crippen LogP contribution >= 0.6 is 0 Å². The number of fused-ring (bicyclic) bond motifs is 1. The molecule has 0 radical (unpaired) electrons. The van der Waals surface area contributed by atoms with Crippen molar-refractivity contribution < 1.29 is 28.9 Å². The van der Waals surface area contributed by atoms with Crippen LogP contribution in [-0.2, 0) is 14.3 Å². The van der Waals surface area contributed by atoms with Gasteiger partial charge in [-0.05, 0) is 23.8 Å². The quantitative estimate of drug-likeness (QED) is 0.506. The molecular weight excluding hydrogens is 366 g/mol. The zero-order valence-electron chi connectivity index (χ0n) is 15.6. The van der Waals surface area contributed by atoms with E-state index in [0.29, 0.717) is 37.8 Å². The maximum atomic E-state index is 12.2. The second-order valence-corrected chi connectivity index (χ2v) is 6.43. The van der Waals surface area contributed by atoms with Crippen molar-refractivity contribution in [3.05, 3.63) is 29.8 Å². The molecule has 2 amide bonds. The molecule has 3 rings (SSSR count). The summed E-state index contributed by atoms with van der Waals surface area (Å²) in [5.41, 5.74) is 0.759. The lowest BCUT2D eigenvalue weighted by Gasteiger charge is -2.26. The molecule has 2 aliphatic rings. The Kier molecular flexibility index (Phi) is 7.24. The lowest BCUT2D eigenvalue weighted by atomic mass is 10.2. The Labute approximate surface area is 163 Å². The van der Waals surface area contributed by atoms with Crippen LogP contribution in [0.2, 0.25) is 0 Å². The number of carbonyl (C=O) groups is 2. The molecule has 0 aromatic heterocycles. The Morgan fingerprint density at radius 2 is 2.00 bits per heavy atom. The molecule has 9 heteroatoms. The van der Waals surface area contributed by atoms with Gasteiger partial charge in [-0.3, -0.25) is 14.5 Å². The Balaban J connectivity index is 1.43. The van der Waals surface area contributed by atoms with Crippen molar-refractivity contribution in [3.8, 4) is 11.5 Å². The first-order chi connectivity index (χ1) is 13.7. The van der Waals surface area contributed by atoms with Crippen molar-refractivity contribution >= 4 is 17.9 Å². The second kappa shape index (κ2) is 10.1. The second-order valence-electron chi connectivity index (χ2n) is 6.43. The number of nitrogens with zero attached hydrogens (tertiary/aromatic N) is 1. The summed E-state index contributed by atoms with van der Waals surface area (Å²) in [4.78, 5) is 26.4. The first-order valence-corrected chi connectivity index (χ1v) is 9.22. The topological polar surface area (TPSA) is 109 Å². The van der Waals surface area contributed by atoms with Gasteiger partial charge in [0.1, 0.15) is 6.04 Å². The highest BCUT2D eigenvalue weighted by Gasteiger charge is 2.19. The van der Waals surface area contributed by atoms with Crippen LogP contribution < -0.4 is 20.1 Å². The maximum Gasteiger partial charge on any atom is 0.245 e. The number of morpholine rings is 1. The first kappa shape index (κ1) is 20.1. The lowest BCUT2D eigenvalue weighted by Crippen LogP contribution is -2.50. The highest BCUT2D eigenvalue weighted by Crippen LogP contribution is 2.32. The van der Waals surface area contributed by atoms with Gasteiger partial charge >= 0.3 is 0 Å². The summed E-state index contributed by atoms with van der Waals surface area (Å²) in [5.74, 6) is 0.395. The Hall–Kier alpha value is -2.62. The molecule has 1 saturated heterocycles. The van der Waals surface area contributed by atoms with Gasteiger partial charge < -0.3 is 30.0 Å². The van der Waals surface area contributed by atoms with Gasteiger partial charge in [-0.25, -0.2) is 0 Å². The number of benzene rings is 1. The summed E-state index contributed by atoms with van der Waals surface area (Å²) in [6.07, 6.45) is 2.91. The zero-order chi connectivity index (χ0) is 19.8. The largest absolute Gasteiger partial charge is 0.454 e. The van der Waals surface area contributed by atoms with Gasteiger partial charge in [-0.15, -0.1) is 0 Å². The van der Waals surface area contributed by atoms with Gasteiger partial charge in [-0.2, -0.15) is 0 Å². The molecule has 3 N–H and O–H groups in total. The van der Waals surface area contributed by atoms with Crippen LogP contribution in [0, 0.1) is 0 Å². The smallest absolute Gasteiger partial charge is 0.245 e. The van der Waals surface area contributed by atoms with E-state index in [1.807, 2.05) is 0 Å². The van der Waals surface area contributed by atoms with E-state index >= 15 is 0 Å². The van der Waals surface area contributed by atoms with E-state index in [0.717, 1.165) is 18.7 Å². The van der Waals surface area contributed by atoms with Crippen LogP contribution in [0.25, 0.3) is 6.08 Å². The summed E-state index contributed by atoms with van der Waals surface area (Å²) < 4.78 is 15.8. The number of rotatable bonds is 8.